The van der Waals surface area contributed by atoms with E-state index in [4.69, 9.17) is 4.74 Å². The van der Waals surface area contributed by atoms with E-state index in [1.54, 1.807) is 12.2 Å². The fourth-order valence-corrected chi connectivity index (χ4v) is 4.21. The zero-order chi connectivity index (χ0) is 19.4. The smallest absolute Gasteiger partial charge is 0.241 e. The van der Waals surface area contributed by atoms with Crippen molar-refractivity contribution in [2.75, 3.05) is 6.61 Å². The lowest BCUT2D eigenvalue weighted by molar-refractivity contribution is -0.126. The minimum absolute atomic E-state index is 0.0870. The Morgan fingerprint density at radius 2 is 1.93 bits per heavy atom. The van der Waals surface area contributed by atoms with Crippen LogP contribution in [0.15, 0.2) is 41.3 Å². The van der Waals surface area contributed by atoms with Crippen molar-refractivity contribution in [3.63, 3.8) is 0 Å². The van der Waals surface area contributed by atoms with Crippen molar-refractivity contribution < 1.29 is 27.4 Å². The van der Waals surface area contributed by atoms with Crippen molar-refractivity contribution in [2.24, 2.45) is 0 Å². The number of hydrogen-bond acceptors (Lipinski definition) is 5. The fraction of sp³-hybridized carbons (Fsp3) is 0.500. The van der Waals surface area contributed by atoms with Gasteiger partial charge in [0.25, 0.3) is 0 Å². The molecule has 0 saturated heterocycles. The van der Waals surface area contributed by atoms with Crippen LogP contribution >= 0.6 is 0 Å². The Bertz CT molecular complexity index is 792. The fourth-order valence-electron chi connectivity index (χ4n) is 2.99. The molecule has 2 aliphatic rings. The van der Waals surface area contributed by atoms with Crippen LogP contribution in [-0.4, -0.2) is 50.3 Å². The minimum Gasteiger partial charge on any atom is -0.394 e. The Morgan fingerprint density at radius 1 is 1.22 bits per heavy atom. The third-order valence-corrected chi connectivity index (χ3v) is 6.21. The number of carbonyl (C=O) groups excluding carboxylic acids is 1. The van der Waals surface area contributed by atoms with Crippen LogP contribution in [0.5, 0.6) is 0 Å². The summed E-state index contributed by atoms with van der Waals surface area (Å²) in [5.41, 5.74) is 0. The van der Waals surface area contributed by atoms with Crippen molar-refractivity contribution in [2.45, 2.75) is 54.9 Å². The summed E-state index contributed by atoms with van der Waals surface area (Å²) in [7, 11) is -3.91. The molecule has 148 valence electrons. The van der Waals surface area contributed by atoms with Gasteiger partial charge in [-0.1, -0.05) is 12.2 Å². The van der Waals surface area contributed by atoms with E-state index < -0.39 is 40.7 Å². The third kappa shape index (κ3) is 5.13. The van der Waals surface area contributed by atoms with Crippen LogP contribution in [0.3, 0.4) is 0 Å². The number of aliphatic hydroxyl groups excluding tert-OH is 1. The number of sulfonamides is 1. The molecule has 1 amide bonds. The molecule has 1 aromatic carbocycles. The topological polar surface area (TPSA) is 105 Å². The van der Waals surface area contributed by atoms with E-state index in [1.165, 1.54) is 0 Å². The molecule has 0 radical (unpaired) electrons. The zero-order valence-electron chi connectivity index (χ0n) is 14.7. The molecule has 1 aromatic rings. The van der Waals surface area contributed by atoms with E-state index in [0.29, 0.717) is 0 Å². The van der Waals surface area contributed by atoms with E-state index in [9.17, 15) is 22.7 Å². The molecular weight excluding hydrogens is 375 g/mol. The third-order valence-electron chi connectivity index (χ3n) is 4.74. The molecule has 3 rings (SSSR count). The first-order chi connectivity index (χ1) is 12.9. The van der Waals surface area contributed by atoms with Crippen LogP contribution in [-0.2, 0) is 19.6 Å². The quantitative estimate of drug-likeness (QED) is 0.591. The van der Waals surface area contributed by atoms with Gasteiger partial charge in [0, 0.05) is 6.04 Å². The van der Waals surface area contributed by atoms with Crippen molar-refractivity contribution in [3.8, 4) is 0 Å². The summed E-state index contributed by atoms with van der Waals surface area (Å²) in [6, 6.07) is 3.87. The molecule has 27 heavy (non-hydrogen) atoms. The minimum atomic E-state index is -3.91. The average molecular weight is 398 g/mol. The maximum Gasteiger partial charge on any atom is 0.241 e. The van der Waals surface area contributed by atoms with Crippen LogP contribution in [0.1, 0.15) is 25.7 Å². The van der Waals surface area contributed by atoms with E-state index in [-0.39, 0.29) is 23.3 Å². The van der Waals surface area contributed by atoms with Crippen LogP contribution < -0.4 is 10.0 Å². The second-order valence-electron chi connectivity index (χ2n) is 6.78. The second-order valence-corrected chi connectivity index (χ2v) is 8.49. The first kappa shape index (κ1) is 19.9. The number of halogens is 1. The molecule has 0 unspecified atom stereocenters. The van der Waals surface area contributed by atoms with E-state index in [2.05, 4.69) is 10.0 Å². The van der Waals surface area contributed by atoms with Crippen LogP contribution in [0.4, 0.5) is 4.39 Å². The van der Waals surface area contributed by atoms with Crippen LogP contribution in [0.2, 0.25) is 0 Å². The molecule has 1 aliphatic carbocycles. The maximum absolute atomic E-state index is 13.0. The molecule has 1 saturated carbocycles. The molecule has 3 N–H and O–H groups in total. The number of aliphatic hydroxyl groups is 1. The van der Waals surface area contributed by atoms with Crippen LogP contribution in [0.25, 0.3) is 0 Å². The van der Waals surface area contributed by atoms with E-state index >= 15 is 0 Å². The molecule has 3 atom stereocenters. The zero-order valence-corrected chi connectivity index (χ0v) is 15.5. The predicted octanol–water partition coefficient (Wildman–Crippen LogP) is 0.847. The monoisotopic (exact) mass is 398 g/mol. The summed E-state index contributed by atoms with van der Waals surface area (Å²) in [4.78, 5) is 11.9. The normalized spacial score (nSPS) is 25.8. The van der Waals surface area contributed by atoms with Gasteiger partial charge in [-0.3, -0.25) is 4.79 Å². The first-order valence-electron chi connectivity index (χ1n) is 8.89. The van der Waals surface area contributed by atoms with Crippen molar-refractivity contribution in [1.29, 1.82) is 0 Å². The van der Waals surface area contributed by atoms with E-state index in [0.717, 1.165) is 43.5 Å². The Balaban J connectivity index is 1.62. The van der Waals surface area contributed by atoms with Gasteiger partial charge in [-0.25, -0.2) is 17.5 Å². The standard InChI is InChI=1S/C18H23FN2O5S/c19-12-4-7-15(8-5-12)27(24,25)21-16-9-6-14(26-17(16)11-22)10-18(23)20-13-2-1-3-13/h4-9,13-14,16-17,21-22H,1-3,10-11H2,(H,20,23)/t14-,16+,17+/m0/s1. The number of rotatable bonds is 7. The van der Waals surface area contributed by atoms with Crippen molar-refractivity contribution >= 4 is 15.9 Å². The molecule has 1 heterocycles. The maximum atomic E-state index is 13.0. The number of hydrogen-bond donors (Lipinski definition) is 3. The number of nitrogens with one attached hydrogen (secondary N) is 2. The van der Waals surface area contributed by atoms with E-state index in [1.807, 2.05) is 0 Å². The Labute approximate surface area is 157 Å². The SMILES string of the molecule is O=C(C[C@@H]1C=C[C@@H](NS(=O)(=O)c2ccc(F)cc2)[C@@H](CO)O1)NC1CCC1. The molecule has 7 nitrogen and oxygen atoms in total. The number of benzene rings is 1. The van der Waals surface area contributed by atoms with Gasteiger partial charge < -0.3 is 15.2 Å². The number of carbonyl (C=O) groups is 1. The average Bonchev–Trinajstić information content (AvgIpc) is 2.59. The predicted molar refractivity (Wildman–Crippen MR) is 95.8 cm³/mol. The Hall–Kier alpha value is -1.81. The number of ether oxygens (including phenoxy) is 1. The number of amides is 1. The highest BCUT2D eigenvalue weighted by atomic mass is 32.2. The van der Waals surface area contributed by atoms with Gasteiger partial charge >= 0.3 is 0 Å². The summed E-state index contributed by atoms with van der Waals surface area (Å²) in [5.74, 6) is -0.664. The van der Waals surface area contributed by atoms with Crippen molar-refractivity contribution in [1.82, 2.24) is 10.0 Å². The lowest BCUT2D eigenvalue weighted by atomic mass is 9.93. The Kier molecular flexibility index (Phi) is 6.25. The van der Waals surface area contributed by atoms with Gasteiger partial charge in [0.05, 0.1) is 30.1 Å². The summed E-state index contributed by atoms with van der Waals surface area (Å²) in [6.07, 6.45) is 5.03. The molecular formula is C18H23FN2O5S. The van der Waals surface area contributed by atoms with Gasteiger partial charge in [-0.05, 0) is 43.5 Å². The highest BCUT2D eigenvalue weighted by Crippen LogP contribution is 2.21. The molecule has 1 fully saturated rings. The highest BCUT2D eigenvalue weighted by Gasteiger charge is 2.32. The molecule has 9 heteroatoms. The second kappa shape index (κ2) is 8.47. The molecule has 0 aromatic heterocycles. The molecule has 0 spiro atoms. The molecule has 1 aliphatic heterocycles. The van der Waals surface area contributed by atoms with Gasteiger partial charge in [0.15, 0.2) is 0 Å². The van der Waals surface area contributed by atoms with Crippen LogP contribution in [0, 0.1) is 5.82 Å². The van der Waals surface area contributed by atoms with Gasteiger partial charge in [-0.15, -0.1) is 0 Å². The molecule has 0 bridgehead atoms. The van der Waals surface area contributed by atoms with Gasteiger partial charge in [0.2, 0.25) is 15.9 Å². The summed E-state index contributed by atoms with van der Waals surface area (Å²) < 4.78 is 45.9. The summed E-state index contributed by atoms with van der Waals surface area (Å²) in [6.45, 7) is -0.415. The lowest BCUT2D eigenvalue weighted by Gasteiger charge is -2.32. The summed E-state index contributed by atoms with van der Waals surface area (Å²) >= 11 is 0. The largest absolute Gasteiger partial charge is 0.394 e. The van der Waals surface area contributed by atoms with Crippen molar-refractivity contribution in [3.05, 3.63) is 42.2 Å². The lowest BCUT2D eigenvalue weighted by Crippen LogP contribution is -2.49. The van der Waals surface area contributed by atoms with Gasteiger partial charge in [-0.2, -0.15) is 0 Å². The van der Waals surface area contributed by atoms with Gasteiger partial charge in [0.1, 0.15) is 11.9 Å². The highest BCUT2D eigenvalue weighted by molar-refractivity contribution is 7.89. The summed E-state index contributed by atoms with van der Waals surface area (Å²) in [5, 5.41) is 12.5. The first-order valence-corrected chi connectivity index (χ1v) is 10.4. The Morgan fingerprint density at radius 3 is 2.52 bits per heavy atom.